The van der Waals surface area contributed by atoms with E-state index in [2.05, 4.69) is 50.4 Å². The summed E-state index contributed by atoms with van der Waals surface area (Å²) >= 11 is 0. The highest BCUT2D eigenvalue weighted by molar-refractivity contribution is 5.49. The topological polar surface area (TPSA) is 29.1 Å². The maximum absolute atomic E-state index is 10.5. The molecule has 2 nitrogen and oxygen atoms in total. The number of hydrogen-bond donors (Lipinski definition) is 1. The van der Waals surface area contributed by atoms with Crippen LogP contribution < -0.4 is 5.32 Å². The van der Waals surface area contributed by atoms with Gasteiger partial charge in [0.25, 0.3) is 0 Å². The van der Waals surface area contributed by atoms with Crippen LogP contribution in [0, 0.1) is 0 Å². The molecule has 0 heterocycles. The van der Waals surface area contributed by atoms with Gasteiger partial charge in [0, 0.05) is 12.5 Å². The average Bonchev–Trinajstić information content (AvgIpc) is 2.39. The molecule has 0 spiro atoms. The predicted molar refractivity (Wildman–Crippen MR) is 77.1 cm³/mol. The van der Waals surface area contributed by atoms with Crippen molar-refractivity contribution in [2.24, 2.45) is 0 Å². The van der Waals surface area contributed by atoms with Crippen molar-refractivity contribution in [2.75, 3.05) is 7.05 Å². The molecule has 0 aliphatic carbocycles. The van der Waals surface area contributed by atoms with E-state index in [1.807, 2.05) is 7.05 Å². The maximum atomic E-state index is 10.5. The summed E-state index contributed by atoms with van der Waals surface area (Å²) in [5, 5.41) is 3.31. The van der Waals surface area contributed by atoms with Crippen LogP contribution in [0.2, 0.25) is 0 Å². The summed E-state index contributed by atoms with van der Waals surface area (Å²) in [7, 11) is 1.97. The van der Waals surface area contributed by atoms with Gasteiger partial charge in [0.05, 0.1) is 0 Å². The smallest absolute Gasteiger partial charge is 0.120 e. The highest BCUT2D eigenvalue weighted by atomic mass is 16.1. The first-order chi connectivity index (χ1) is 8.60. The molecule has 2 unspecified atom stereocenters. The van der Waals surface area contributed by atoms with E-state index in [0.29, 0.717) is 24.3 Å². The Kier molecular flexibility index (Phi) is 6.06. The molecular weight excluding hydrogens is 222 g/mol. The zero-order valence-corrected chi connectivity index (χ0v) is 11.9. The third kappa shape index (κ3) is 3.95. The molecule has 1 rings (SSSR count). The molecule has 1 aromatic carbocycles. The Labute approximate surface area is 111 Å². The van der Waals surface area contributed by atoms with E-state index in [9.17, 15) is 4.79 Å². The van der Waals surface area contributed by atoms with Gasteiger partial charge < -0.3 is 10.1 Å². The fourth-order valence-electron chi connectivity index (χ4n) is 2.31. The molecule has 0 amide bonds. The number of carbonyl (C=O) groups excluding carboxylic acids is 1. The quantitative estimate of drug-likeness (QED) is 0.747. The van der Waals surface area contributed by atoms with E-state index in [-0.39, 0.29) is 0 Å². The average molecular weight is 247 g/mol. The molecule has 0 saturated heterocycles. The summed E-state index contributed by atoms with van der Waals surface area (Å²) < 4.78 is 0. The summed E-state index contributed by atoms with van der Waals surface area (Å²) in [4.78, 5) is 10.5. The van der Waals surface area contributed by atoms with Gasteiger partial charge in [-0.1, -0.05) is 45.0 Å². The molecule has 0 aromatic heterocycles. The van der Waals surface area contributed by atoms with Gasteiger partial charge in [0.15, 0.2) is 0 Å². The Hall–Kier alpha value is -1.15. The lowest BCUT2D eigenvalue weighted by atomic mass is 9.89. The number of aldehydes is 1. The van der Waals surface area contributed by atoms with Gasteiger partial charge in [0.1, 0.15) is 6.29 Å². The number of benzene rings is 1. The van der Waals surface area contributed by atoms with Crippen LogP contribution >= 0.6 is 0 Å². The SMILES string of the molecule is CNC(CCC=O)C(C)c1ccc(C(C)C)cc1. The normalized spacial score (nSPS) is 14.5. The van der Waals surface area contributed by atoms with Crippen molar-refractivity contribution in [1.29, 1.82) is 0 Å². The van der Waals surface area contributed by atoms with E-state index in [4.69, 9.17) is 0 Å². The fourth-order valence-corrected chi connectivity index (χ4v) is 2.31. The molecule has 1 N–H and O–H groups in total. The Morgan fingerprint density at radius 2 is 1.67 bits per heavy atom. The van der Waals surface area contributed by atoms with Gasteiger partial charge in [0.2, 0.25) is 0 Å². The van der Waals surface area contributed by atoms with Gasteiger partial charge in [-0.2, -0.15) is 0 Å². The Balaban J connectivity index is 2.74. The number of nitrogens with one attached hydrogen (secondary N) is 1. The standard InChI is InChI=1S/C16H25NO/c1-12(2)14-7-9-15(10-8-14)13(3)16(17-4)6-5-11-18/h7-13,16-17H,5-6H2,1-4H3. The van der Waals surface area contributed by atoms with Crippen molar-refractivity contribution in [1.82, 2.24) is 5.32 Å². The summed E-state index contributed by atoms with van der Waals surface area (Å²) in [6, 6.07) is 9.21. The van der Waals surface area contributed by atoms with Crippen molar-refractivity contribution in [3.05, 3.63) is 35.4 Å². The highest BCUT2D eigenvalue weighted by Crippen LogP contribution is 2.24. The van der Waals surface area contributed by atoms with Crippen LogP contribution in [-0.4, -0.2) is 19.4 Å². The van der Waals surface area contributed by atoms with Gasteiger partial charge in [-0.05, 0) is 36.4 Å². The minimum absolute atomic E-state index is 0.361. The molecule has 0 aliphatic rings. The lowest BCUT2D eigenvalue weighted by molar-refractivity contribution is -0.108. The van der Waals surface area contributed by atoms with Gasteiger partial charge in [-0.15, -0.1) is 0 Å². The zero-order chi connectivity index (χ0) is 13.5. The van der Waals surface area contributed by atoms with Gasteiger partial charge in [-0.3, -0.25) is 0 Å². The lowest BCUT2D eigenvalue weighted by Gasteiger charge is -2.23. The molecule has 1 aromatic rings. The summed E-state index contributed by atoms with van der Waals surface area (Å²) in [5.74, 6) is 1.00. The highest BCUT2D eigenvalue weighted by Gasteiger charge is 2.16. The number of hydrogen-bond acceptors (Lipinski definition) is 2. The first-order valence-corrected chi connectivity index (χ1v) is 6.80. The van der Waals surface area contributed by atoms with Crippen LogP contribution in [0.1, 0.15) is 56.6 Å². The minimum atomic E-state index is 0.361. The predicted octanol–water partition coefficient (Wildman–Crippen LogP) is 3.48. The summed E-state index contributed by atoms with van der Waals surface area (Å²) in [5.41, 5.74) is 2.71. The van der Waals surface area contributed by atoms with Crippen molar-refractivity contribution in [3.63, 3.8) is 0 Å². The van der Waals surface area contributed by atoms with E-state index in [1.165, 1.54) is 11.1 Å². The van der Waals surface area contributed by atoms with E-state index in [0.717, 1.165) is 12.7 Å². The second-order valence-corrected chi connectivity index (χ2v) is 5.25. The molecule has 100 valence electrons. The Bertz CT molecular complexity index is 356. The van der Waals surface area contributed by atoms with E-state index in [1.54, 1.807) is 0 Å². The first kappa shape index (κ1) is 14.9. The molecule has 0 saturated carbocycles. The number of carbonyl (C=O) groups is 1. The third-order valence-electron chi connectivity index (χ3n) is 3.70. The molecule has 0 bridgehead atoms. The van der Waals surface area contributed by atoms with Gasteiger partial charge in [-0.25, -0.2) is 0 Å². The number of rotatable bonds is 7. The molecule has 2 heteroatoms. The van der Waals surface area contributed by atoms with Crippen molar-refractivity contribution in [2.45, 2.75) is 51.5 Å². The second-order valence-electron chi connectivity index (χ2n) is 5.25. The molecule has 18 heavy (non-hydrogen) atoms. The van der Waals surface area contributed by atoms with E-state index < -0.39 is 0 Å². The van der Waals surface area contributed by atoms with Crippen molar-refractivity contribution >= 4 is 6.29 Å². The van der Waals surface area contributed by atoms with Gasteiger partial charge >= 0.3 is 0 Å². The molecular formula is C16H25NO. The summed E-state index contributed by atoms with van der Waals surface area (Å²) in [6.07, 6.45) is 2.52. The minimum Gasteiger partial charge on any atom is -0.316 e. The van der Waals surface area contributed by atoms with Crippen LogP contribution in [0.15, 0.2) is 24.3 Å². The second kappa shape index (κ2) is 7.32. The van der Waals surface area contributed by atoms with Crippen LogP contribution in [0.3, 0.4) is 0 Å². The third-order valence-corrected chi connectivity index (χ3v) is 3.70. The van der Waals surface area contributed by atoms with Crippen molar-refractivity contribution < 1.29 is 4.79 Å². The monoisotopic (exact) mass is 247 g/mol. The first-order valence-electron chi connectivity index (χ1n) is 6.80. The molecule has 0 fully saturated rings. The zero-order valence-electron chi connectivity index (χ0n) is 11.9. The lowest BCUT2D eigenvalue weighted by Crippen LogP contribution is -2.30. The molecule has 2 atom stereocenters. The molecule has 0 radical (unpaired) electrons. The van der Waals surface area contributed by atoms with Crippen molar-refractivity contribution in [3.8, 4) is 0 Å². The van der Waals surface area contributed by atoms with E-state index >= 15 is 0 Å². The van der Waals surface area contributed by atoms with Crippen LogP contribution in [0.5, 0.6) is 0 Å². The summed E-state index contributed by atoms with van der Waals surface area (Å²) in [6.45, 7) is 6.63. The Morgan fingerprint density at radius 1 is 1.11 bits per heavy atom. The van der Waals surface area contributed by atoms with Crippen LogP contribution in [0.25, 0.3) is 0 Å². The van der Waals surface area contributed by atoms with Crippen LogP contribution in [0.4, 0.5) is 0 Å². The molecule has 0 aliphatic heterocycles. The fraction of sp³-hybridized carbons (Fsp3) is 0.562. The Morgan fingerprint density at radius 3 is 2.11 bits per heavy atom. The number of likely N-dealkylation sites (N-methyl/N-ethyl adjacent to an activating group) is 1. The maximum Gasteiger partial charge on any atom is 0.120 e. The largest absolute Gasteiger partial charge is 0.316 e. The van der Waals surface area contributed by atoms with Crippen LogP contribution in [-0.2, 0) is 4.79 Å².